The predicted molar refractivity (Wildman–Crippen MR) is 140 cm³/mol. The second-order valence-corrected chi connectivity index (χ2v) is 12.1. The molecule has 2 N–H and O–H groups in total. The monoisotopic (exact) mass is 623 g/mol. The van der Waals surface area contributed by atoms with Crippen molar-refractivity contribution in [3.63, 3.8) is 0 Å². The molecule has 0 unspecified atom stereocenters. The first-order valence-electron chi connectivity index (χ1n) is 11.4. The van der Waals surface area contributed by atoms with Crippen molar-refractivity contribution in [1.29, 1.82) is 0 Å². The summed E-state index contributed by atoms with van der Waals surface area (Å²) in [4.78, 5) is 4.65. The molecule has 2 aromatic rings. The molecule has 0 radical (unpaired) electrons. The molecule has 4 rings (SSSR count). The molecule has 35 heavy (non-hydrogen) atoms. The summed E-state index contributed by atoms with van der Waals surface area (Å²) in [6, 6.07) is 6.99. The van der Waals surface area contributed by atoms with E-state index in [0.29, 0.717) is 41.6 Å². The van der Waals surface area contributed by atoms with Gasteiger partial charge in [0.2, 0.25) is 0 Å². The van der Waals surface area contributed by atoms with Gasteiger partial charge in [-0.2, -0.15) is 12.7 Å². The maximum absolute atomic E-state index is 14.7. The van der Waals surface area contributed by atoms with Crippen LogP contribution in [0.15, 0.2) is 30.3 Å². The molecule has 2 aliphatic heterocycles. The second-order valence-electron chi connectivity index (χ2n) is 9.17. The Bertz CT molecular complexity index is 1180. The predicted octanol–water partition coefficient (Wildman–Crippen LogP) is 4.21. The van der Waals surface area contributed by atoms with Crippen molar-refractivity contribution < 1.29 is 21.6 Å². The average molecular weight is 623 g/mol. The number of piperidine rings is 1. The Morgan fingerprint density at radius 2 is 1.66 bits per heavy atom. The number of rotatable bonds is 7. The van der Waals surface area contributed by atoms with Gasteiger partial charge in [0.15, 0.2) is 11.6 Å². The minimum Gasteiger partial charge on any atom is -0.349 e. The molecule has 192 valence electrons. The lowest BCUT2D eigenvalue weighted by atomic mass is 10.1. The van der Waals surface area contributed by atoms with Gasteiger partial charge >= 0.3 is 10.2 Å². The van der Waals surface area contributed by atoms with Gasteiger partial charge in [0.25, 0.3) is 0 Å². The van der Waals surface area contributed by atoms with E-state index in [0.717, 1.165) is 31.6 Å². The molecule has 7 nitrogen and oxygen atoms in total. The number of likely N-dealkylation sites (tertiary alicyclic amines) is 1. The molecule has 0 aliphatic carbocycles. The van der Waals surface area contributed by atoms with Gasteiger partial charge in [-0.3, -0.25) is 9.62 Å². The third-order valence-corrected chi connectivity index (χ3v) is 8.92. The third-order valence-electron chi connectivity index (χ3n) is 6.73. The molecule has 2 aliphatic rings. The standard InChI is InChI=1S/C23H29F3IN5O2S/c1-30(2)17-7-10-31(14-17)16-8-11-32(12-9-16)35(33,34)29-21-6-4-18(24)22(26)23(21)28-20-5-3-15(27)13-19(20)25/h3-6,13,16-17,28-29H,7-12,14H2,1-2H3/t17-/m0/s1. The lowest BCUT2D eigenvalue weighted by molar-refractivity contribution is 0.157. The third kappa shape index (κ3) is 6.04. The summed E-state index contributed by atoms with van der Waals surface area (Å²) in [5.74, 6) is -3.15. The quantitative estimate of drug-likeness (QED) is 0.453. The maximum atomic E-state index is 14.7. The zero-order valence-electron chi connectivity index (χ0n) is 19.6. The molecule has 12 heteroatoms. The topological polar surface area (TPSA) is 67.9 Å². The van der Waals surface area contributed by atoms with Crippen LogP contribution in [0.3, 0.4) is 0 Å². The molecular weight excluding hydrogens is 594 g/mol. The van der Waals surface area contributed by atoms with Crippen molar-refractivity contribution in [3.05, 3.63) is 51.4 Å². The number of nitrogens with zero attached hydrogens (tertiary/aromatic N) is 3. The number of anilines is 3. The molecule has 2 fully saturated rings. The van der Waals surface area contributed by atoms with Gasteiger partial charge in [-0.1, -0.05) is 0 Å². The summed E-state index contributed by atoms with van der Waals surface area (Å²) in [6.07, 6.45) is 2.48. The van der Waals surface area contributed by atoms with Gasteiger partial charge in [0.05, 0.1) is 11.4 Å². The minimum atomic E-state index is -4.04. The van der Waals surface area contributed by atoms with Crippen LogP contribution in [0, 0.1) is 21.0 Å². The molecule has 2 saturated heterocycles. The van der Waals surface area contributed by atoms with E-state index >= 15 is 0 Å². The number of halogens is 4. The number of hydrogen-bond acceptors (Lipinski definition) is 5. The van der Waals surface area contributed by atoms with Crippen LogP contribution in [0.25, 0.3) is 0 Å². The van der Waals surface area contributed by atoms with Crippen molar-refractivity contribution >= 4 is 49.9 Å². The Morgan fingerprint density at radius 3 is 2.29 bits per heavy atom. The van der Waals surface area contributed by atoms with Gasteiger partial charge in [-0.25, -0.2) is 13.2 Å². The first kappa shape index (κ1) is 26.5. The van der Waals surface area contributed by atoms with E-state index in [9.17, 15) is 21.6 Å². The van der Waals surface area contributed by atoms with Crippen molar-refractivity contribution in [3.8, 4) is 0 Å². The Hall–Kier alpha value is -1.61. The molecule has 0 bridgehead atoms. The fraction of sp³-hybridized carbons (Fsp3) is 0.478. The second kappa shape index (κ2) is 10.8. The Morgan fingerprint density at radius 1 is 0.971 bits per heavy atom. The molecule has 0 aromatic heterocycles. The van der Waals surface area contributed by atoms with Gasteiger partial charge < -0.3 is 10.2 Å². The summed E-state index contributed by atoms with van der Waals surface area (Å²) >= 11 is 1.93. The van der Waals surface area contributed by atoms with Crippen LogP contribution in [0.2, 0.25) is 0 Å². The SMILES string of the molecule is CN(C)[C@H]1CCN(C2CCN(S(=O)(=O)Nc3ccc(F)c(F)c3Nc3ccc(I)cc3F)CC2)C1. The van der Waals surface area contributed by atoms with Gasteiger partial charge in [-0.15, -0.1) is 0 Å². The highest BCUT2D eigenvalue weighted by Gasteiger charge is 2.34. The number of benzene rings is 2. The Kier molecular flexibility index (Phi) is 8.15. The first-order valence-corrected chi connectivity index (χ1v) is 14.0. The smallest absolute Gasteiger partial charge is 0.301 e. The first-order chi connectivity index (χ1) is 16.5. The Balaban J connectivity index is 1.46. The van der Waals surface area contributed by atoms with Crippen molar-refractivity contribution in [2.75, 3.05) is 50.3 Å². The molecule has 1 atom stereocenters. The van der Waals surface area contributed by atoms with Crippen molar-refractivity contribution in [2.24, 2.45) is 0 Å². The normalized spacial score (nSPS) is 20.5. The van der Waals surface area contributed by atoms with Crippen LogP contribution in [0.1, 0.15) is 19.3 Å². The van der Waals surface area contributed by atoms with Crippen LogP contribution in [0.5, 0.6) is 0 Å². The molecule has 0 amide bonds. The summed E-state index contributed by atoms with van der Waals surface area (Å²) in [5, 5.41) is 2.51. The summed E-state index contributed by atoms with van der Waals surface area (Å²) in [6.45, 7) is 2.61. The molecule has 0 saturated carbocycles. The highest BCUT2D eigenvalue weighted by atomic mass is 127. The van der Waals surface area contributed by atoms with Crippen molar-refractivity contribution in [1.82, 2.24) is 14.1 Å². The summed E-state index contributed by atoms with van der Waals surface area (Å²) in [7, 11) is 0.109. The molecular formula is C23H29F3IN5O2S. The largest absolute Gasteiger partial charge is 0.349 e. The fourth-order valence-corrected chi connectivity index (χ4v) is 6.38. The van der Waals surface area contributed by atoms with E-state index in [1.165, 1.54) is 16.4 Å². The van der Waals surface area contributed by atoms with E-state index in [-0.39, 0.29) is 11.4 Å². The summed E-state index contributed by atoms with van der Waals surface area (Å²) in [5.41, 5.74) is -0.773. The lowest BCUT2D eigenvalue weighted by Gasteiger charge is -2.36. The van der Waals surface area contributed by atoms with Crippen LogP contribution < -0.4 is 10.0 Å². The highest BCUT2D eigenvalue weighted by molar-refractivity contribution is 14.1. The van der Waals surface area contributed by atoms with Crippen molar-refractivity contribution in [2.45, 2.75) is 31.3 Å². The van der Waals surface area contributed by atoms with Crippen LogP contribution >= 0.6 is 22.6 Å². The van der Waals surface area contributed by atoms with E-state index in [1.54, 1.807) is 6.07 Å². The van der Waals surface area contributed by atoms with E-state index in [2.05, 4.69) is 33.9 Å². The number of nitrogens with one attached hydrogen (secondary N) is 2. The van der Waals surface area contributed by atoms with Crippen LogP contribution in [-0.2, 0) is 10.2 Å². The van der Waals surface area contributed by atoms with E-state index < -0.39 is 33.3 Å². The molecule has 2 aromatic carbocycles. The van der Waals surface area contributed by atoms with E-state index in [1.807, 2.05) is 22.6 Å². The Labute approximate surface area is 218 Å². The minimum absolute atomic E-state index is 0.0992. The fourth-order valence-electron chi connectivity index (χ4n) is 4.66. The summed E-state index contributed by atoms with van der Waals surface area (Å²) < 4.78 is 73.5. The van der Waals surface area contributed by atoms with Gasteiger partial charge in [0.1, 0.15) is 11.5 Å². The zero-order chi connectivity index (χ0) is 25.3. The average Bonchev–Trinajstić information content (AvgIpc) is 3.31. The molecule has 2 heterocycles. The van der Waals surface area contributed by atoms with Crippen LogP contribution in [-0.4, -0.2) is 74.9 Å². The number of hydrogen-bond donors (Lipinski definition) is 2. The lowest BCUT2D eigenvalue weighted by Crippen LogP contribution is -2.48. The zero-order valence-corrected chi connectivity index (χ0v) is 22.5. The highest BCUT2D eigenvalue weighted by Crippen LogP contribution is 2.33. The maximum Gasteiger partial charge on any atom is 0.301 e. The van der Waals surface area contributed by atoms with Crippen LogP contribution in [0.4, 0.5) is 30.2 Å². The number of likely N-dealkylation sites (N-methyl/N-ethyl adjacent to an activating group) is 1. The van der Waals surface area contributed by atoms with E-state index in [4.69, 9.17) is 0 Å². The van der Waals surface area contributed by atoms with Gasteiger partial charge in [0, 0.05) is 41.8 Å². The van der Waals surface area contributed by atoms with Gasteiger partial charge in [-0.05, 0) is 86.3 Å². The molecule has 0 spiro atoms.